The van der Waals surface area contributed by atoms with Gasteiger partial charge in [0.25, 0.3) is 6.04 Å². The van der Waals surface area contributed by atoms with E-state index in [0.717, 1.165) is 21.3 Å². The average Bonchev–Trinajstić information content (AvgIpc) is 3.01. The SMILES string of the molecule is [C-]#[N+]C1C(C(C)C)=Nc2[nH]ncc2C1c1cccc(C#N)c1Br. The van der Waals surface area contributed by atoms with Crippen molar-refractivity contribution in [3.63, 3.8) is 0 Å². The number of nitrogens with one attached hydrogen (secondary N) is 1. The van der Waals surface area contributed by atoms with Crippen molar-refractivity contribution in [2.45, 2.75) is 25.8 Å². The van der Waals surface area contributed by atoms with Gasteiger partial charge in [0.05, 0.1) is 17.7 Å². The van der Waals surface area contributed by atoms with Gasteiger partial charge in [0.15, 0.2) is 5.82 Å². The maximum Gasteiger partial charge on any atom is 0.272 e. The number of aliphatic imine (C=N–C) groups is 1. The summed E-state index contributed by atoms with van der Waals surface area (Å²) in [5, 5.41) is 16.3. The zero-order valence-corrected chi connectivity index (χ0v) is 14.3. The Hall–Kier alpha value is -2.44. The lowest BCUT2D eigenvalue weighted by Gasteiger charge is -2.26. The summed E-state index contributed by atoms with van der Waals surface area (Å²) < 4.78 is 0.735. The number of H-pyrrole nitrogens is 1. The van der Waals surface area contributed by atoms with Gasteiger partial charge in [0.1, 0.15) is 11.8 Å². The fourth-order valence-electron chi connectivity index (χ4n) is 2.97. The van der Waals surface area contributed by atoms with Crippen molar-refractivity contribution >= 4 is 27.5 Å². The molecule has 0 spiro atoms. The van der Waals surface area contributed by atoms with Gasteiger partial charge in [-0.25, -0.2) is 11.6 Å². The molecule has 0 bridgehead atoms. The van der Waals surface area contributed by atoms with Crippen molar-refractivity contribution < 1.29 is 0 Å². The Kier molecular flexibility index (Phi) is 4.02. The molecular weight excluding hydrogens is 354 g/mol. The van der Waals surface area contributed by atoms with Crippen molar-refractivity contribution in [3.05, 3.63) is 57.0 Å². The first-order chi connectivity index (χ1) is 11.1. The average molecular weight is 368 g/mol. The third-order valence-electron chi connectivity index (χ3n) is 4.06. The predicted octanol–water partition coefficient (Wildman–Crippen LogP) is 4.21. The van der Waals surface area contributed by atoms with E-state index in [2.05, 4.69) is 42.0 Å². The minimum absolute atomic E-state index is 0.158. The molecule has 0 amide bonds. The van der Waals surface area contributed by atoms with Gasteiger partial charge in [-0.1, -0.05) is 26.0 Å². The van der Waals surface area contributed by atoms with Crippen LogP contribution >= 0.6 is 15.9 Å². The first kappa shape index (κ1) is 15.5. The van der Waals surface area contributed by atoms with E-state index in [9.17, 15) is 5.26 Å². The van der Waals surface area contributed by atoms with Gasteiger partial charge in [0.2, 0.25) is 0 Å². The normalized spacial score (nSPS) is 19.7. The second kappa shape index (κ2) is 5.98. The Labute approximate surface area is 143 Å². The summed E-state index contributed by atoms with van der Waals surface area (Å²) in [4.78, 5) is 8.47. The summed E-state index contributed by atoms with van der Waals surface area (Å²) in [5.41, 5.74) is 3.22. The van der Waals surface area contributed by atoms with Crippen LogP contribution in [0.2, 0.25) is 0 Å². The Bertz CT molecular complexity index is 866. The largest absolute Gasteiger partial charge is 0.306 e. The minimum atomic E-state index is -0.398. The molecule has 23 heavy (non-hydrogen) atoms. The van der Waals surface area contributed by atoms with Crippen LogP contribution < -0.4 is 0 Å². The zero-order chi connectivity index (χ0) is 16.6. The van der Waals surface area contributed by atoms with E-state index in [0.29, 0.717) is 11.4 Å². The van der Waals surface area contributed by atoms with Gasteiger partial charge in [-0.3, -0.25) is 5.10 Å². The van der Waals surface area contributed by atoms with Crippen LogP contribution in [0.25, 0.3) is 4.85 Å². The summed E-state index contributed by atoms with van der Waals surface area (Å²) in [5.74, 6) is 0.665. The quantitative estimate of drug-likeness (QED) is 0.807. The van der Waals surface area contributed by atoms with Crippen molar-refractivity contribution in [1.29, 1.82) is 5.26 Å². The highest BCUT2D eigenvalue weighted by Crippen LogP contribution is 2.43. The molecule has 0 saturated carbocycles. The van der Waals surface area contributed by atoms with Crippen molar-refractivity contribution in [1.82, 2.24) is 10.2 Å². The van der Waals surface area contributed by atoms with Crippen LogP contribution in [0.4, 0.5) is 5.82 Å². The molecule has 0 aliphatic carbocycles. The van der Waals surface area contributed by atoms with E-state index < -0.39 is 6.04 Å². The molecule has 6 heteroatoms. The molecule has 1 aromatic carbocycles. The number of hydrogen-bond acceptors (Lipinski definition) is 3. The molecule has 1 aliphatic rings. The first-order valence-electron chi connectivity index (χ1n) is 7.25. The lowest BCUT2D eigenvalue weighted by molar-refractivity contribution is 0.732. The maximum atomic E-state index is 9.28. The molecule has 2 unspecified atom stereocenters. The lowest BCUT2D eigenvalue weighted by atomic mass is 9.79. The van der Waals surface area contributed by atoms with Crippen molar-refractivity contribution in [3.8, 4) is 6.07 Å². The smallest absolute Gasteiger partial charge is 0.272 e. The van der Waals surface area contributed by atoms with Gasteiger partial charge in [-0.05, 0) is 33.5 Å². The number of nitriles is 1. The molecule has 1 N–H and O–H groups in total. The fraction of sp³-hybridized carbons (Fsp3) is 0.294. The van der Waals surface area contributed by atoms with E-state index in [1.807, 2.05) is 26.0 Å². The molecule has 0 fully saturated rings. The summed E-state index contributed by atoms with van der Waals surface area (Å²) in [7, 11) is 0. The van der Waals surface area contributed by atoms with Crippen LogP contribution in [0, 0.1) is 23.8 Å². The predicted molar refractivity (Wildman–Crippen MR) is 91.6 cm³/mol. The van der Waals surface area contributed by atoms with Crippen molar-refractivity contribution in [2.75, 3.05) is 0 Å². The second-order valence-electron chi connectivity index (χ2n) is 5.74. The number of hydrogen-bond donors (Lipinski definition) is 1. The molecule has 0 radical (unpaired) electrons. The van der Waals surface area contributed by atoms with Gasteiger partial charge in [0, 0.05) is 10.0 Å². The van der Waals surface area contributed by atoms with E-state index in [4.69, 9.17) is 6.57 Å². The molecule has 3 rings (SSSR count). The fourth-order valence-corrected chi connectivity index (χ4v) is 3.57. The molecule has 5 nitrogen and oxygen atoms in total. The molecular formula is C17H14BrN5. The highest BCUT2D eigenvalue weighted by atomic mass is 79.9. The number of fused-ring (bicyclic) bond motifs is 1. The molecule has 2 atom stereocenters. The minimum Gasteiger partial charge on any atom is -0.306 e. The summed E-state index contributed by atoms with van der Waals surface area (Å²) in [6.07, 6.45) is 1.73. The molecule has 114 valence electrons. The number of halogens is 1. The monoisotopic (exact) mass is 367 g/mol. The second-order valence-corrected chi connectivity index (χ2v) is 6.53. The number of nitrogens with zero attached hydrogens (tertiary/aromatic N) is 4. The standard InChI is InChI=1S/C17H14BrN5/c1-9(2)15-16(20-3)13(12-8-21-23-17(12)22-15)11-6-4-5-10(7-19)14(11)18/h4-6,8-9,13,16H,1-2H3,(H,21,23). The highest BCUT2D eigenvalue weighted by molar-refractivity contribution is 9.10. The van der Waals surface area contributed by atoms with Crippen molar-refractivity contribution in [2.24, 2.45) is 10.9 Å². The van der Waals surface area contributed by atoms with Gasteiger partial charge >= 0.3 is 0 Å². The Balaban J connectivity index is 2.25. The van der Waals surface area contributed by atoms with Gasteiger partial charge < -0.3 is 4.85 Å². The first-order valence-corrected chi connectivity index (χ1v) is 8.04. The number of rotatable bonds is 2. The summed E-state index contributed by atoms with van der Waals surface area (Å²) >= 11 is 3.53. The highest BCUT2D eigenvalue weighted by Gasteiger charge is 2.42. The third kappa shape index (κ3) is 2.46. The number of benzene rings is 1. The molecule has 2 aromatic rings. The van der Waals surface area contributed by atoms with E-state index in [1.165, 1.54) is 0 Å². The number of aromatic amines is 1. The lowest BCUT2D eigenvalue weighted by Crippen LogP contribution is -2.32. The van der Waals surface area contributed by atoms with Crippen LogP contribution in [0.3, 0.4) is 0 Å². The maximum absolute atomic E-state index is 9.28. The molecule has 2 heterocycles. The van der Waals surface area contributed by atoms with E-state index >= 15 is 0 Å². The zero-order valence-electron chi connectivity index (χ0n) is 12.7. The third-order valence-corrected chi connectivity index (χ3v) is 4.94. The molecule has 0 saturated heterocycles. The summed E-state index contributed by atoms with van der Waals surface area (Å²) in [6, 6.07) is 7.34. The Morgan fingerprint density at radius 3 is 2.83 bits per heavy atom. The molecule has 1 aliphatic heterocycles. The van der Waals surface area contributed by atoms with Crippen LogP contribution in [-0.2, 0) is 0 Å². The van der Waals surface area contributed by atoms with Crippen LogP contribution in [-0.4, -0.2) is 22.0 Å². The Morgan fingerprint density at radius 1 is 1.39 bits per heavy atom. The van der Waals surface area contributed by atoms with Gasteiger partial charge in [-0.15, -0.1) is 0 Å². The van der Waals surface area contributed by atoms with Crippen LogP contribution in [0.5, 0.6) is 0 Å². The van der Waals surface area contributed by atoms with Crippen LogP contribution in [0.15, 0.2) is 33.9 Å². The Morgan fingerprint density at radius 2 is 2.17 bits per heavy atom. The summed E-state index contributed by atoms with van der Waals surface area (Å²) in [6.45, 7) is 11.8. The topological polar surface area (TPSA) is 69.2 Å². The van der Waals surface area contributed by atoms with E-state index in [-0.39, 0.29) is 11.8 Å². The molecule has 1 aromatic heterocycles. The number of aromatic nitrogens is 2. The van der Waals surface area contributed by atoms with Gasteiger partial charge in [-0.2, -0.15) is 10.4 Å². The van der Waals surface area contributed by atoms with Crippen LogP contribution in [0.1, 0.15) is 36.5 Å². The van der Waals surface area contributed by atoms with E-state index in [1.54, 1.807) is 12.3 Å².